The zero-order chi connectivity index (χ0) is 20.1. The van der Waals surface area contributed by atoms with Gasteiger partial charge in [0.1, 0.15) is 6.17 Å². The third kappa shape index (κ3) is 3.47. The first-order valence-corrected chi connectivity index (χ1v) is 10.2. The van der Waals surface area contributed by atoms with E-state index < -0.39 is 0 Å². The number of hydrogen-bond donors (Lipinski definition) is 0. The summed E-state index contributed by atoms with van der Waals surface area (Å²) in [6.45, 7) is 20.6. The Morgan fingerprint density at radius 3 is 2.04 bits per heavy atom. The highest BCUT2D eigenvalue weighted by molar-refractivity contribution is 5.58. The maximum Gasteiger partial charge on any atom is 0.112 e. The first-order valence-electron chi connectivity index (χ1n) is 10.2. The highest BCUT2D eigenvalue weighted by Crippen LogP contribution is 2.42. The van der Waals surface area contributed by atoms with E-state index in [1.165, 1.54) is 39.2 Å². The Bertz CT molecular complexity index is 813. The predicted octanol–water partition coefficient (Wildman–Crippen LogP) is 6.84. The minimum Gasteiger partial charge on any atom is -0.325 e. The van der Waals surface area contributed by atoms with Gasteiger partial charge in [-0.05, 0) is 92.8 Å². The molecule has 1 aliphatic carbocycles. The molecular weight excluding hydrogens is 328 g/mol. The zero-order valence-corrected chi connectivity index (χ0v) is 18.6. The van der Waals surface area contributed by atoms with Crippen LogP contribution in [0, 0.1) is 32.1 Å². The second-order valence-corrected chi connectivity index (χ2v) is 9.53. The molecule has 0 aromatic heterocycles. The lowest BCUT2D eigenvalue weighted by Gasteiger charge is -2.40. The Labute approximate surface area is 166 Å². The van der Waals surface area contributed by atoms with Crippen molar-refractivity contribution < 1.29 is 0 Å². The molecule has 1 aliphatic heterocycles. The second-order valence-electron chi connectivity index (χ2n) is 9.53. The largest absolute Gasteiger partial charge is 0.325 e. The van der Waals surface area contributed by atoms with Gasteiger partial charge in [-0.3, -0.25) is 0 Å². The summed E-state index contributed by atoms with van der Waals surface area (Å²) in [7, 11) is 0. The van der Waals surface area contributed by atoms with Crippen molar-refractivity contribution >= 4 is 5.69 Å². The summed E-state index contributed by atoms with van der Waals surface area (Å²) in [6.07, 6.45) is 8.38. The van der Waals surface area contributed by atoms with Crippen LogP contribution in [0.25, 0.3) is 0 Å². The van der Waals surface area contributed by atoms with Crippen LogP contribution < -0.4 is 4.90 Å². The smallest absolute Gasteiger partial charge is 0.112 e. The normalized spacial score (nSPS) is 22.1. The topological polar surface area (TPSA) is 6.48 Å². The molecule has 0 spiro atoms. The van der Waals surface area contributed by atoms with Gasteiger partial charge in [-0.1, -0.05) is 33.3 Å². The van der Waals surface area contributed by atoms with Crippen LogP contribution >= 0.6 is 0 Å². The molecular formula is C25H36N2. The average Bonchev–Trinajstić information content (AvgIpc) is 3.00. The molecule has 2 nitrogen and oxygen atoms in total. The molecule has 0 fully saturated rings. The third-order valence-electron chi connectivity index (χ3n) is 6.61. The fourth-order valence-electron chi connectivity index (χ4n) is 4.43. The van der Waals surface area contributed by atoms with Crippen molar-refractivity contribution in [2.45, 2.75) is 74.9 Å². The second kappa shape index (κ2) is 6.89. The van der Waals surface area contributed by atoms with Gasteiger partial charge in [0.25, 0.3) is 0 Å². The Kier molecular flexibility index (Phi) is 5.05. The number of anilines is 1. The van der Waals surface area contributed by atoms with E-state index in [4.69, 9.17) is 0 Å². The molecule has 3 rings (SSSR count). The van der Waals surface area contributed by atoms with Crippen molar-refractivity contribution in [2.75, 3.05) is 4.90 Å². The van der Waals surface area contributed by atoms with Gasteiger partial charge in [-0.25, -0.2) is 0 Å². The number of benzene rings is 1. The fourth-order valence-corrected chi connectivity index (χ4v) is 4.43. The van der Waals surface area contributed by atoms with Crippen LogP contribution in [-0.2, 0) is 0 Å². The van der Waals surface area contributed by atoms with E-state index in [0.717, 1.165) is 6.42 Å². The Balaban J connectivity index is 2.01. The van der Waals surface area contributed by atoms with E-state index in [0.29, 0.717) is 12.1 Å². The summed E-state index contributed by atoms with van der Waals surface area (Å²) >= 11 is 0. The molecule has 0 radical (unpaired) electrons. The Hall–Kier alpha value is -1.96. The minimum absolute atomic E-state index is 0.259. The van der Waals surface area contributed by atoms with E-state index >= 15 is 0 Å². The fraction of sp³-hybridized carbons (Fsp3) is 0.520. The summed E-state index contributed by atoms with van der Waals surface area (Å²) in [5.41, 5.74) is 10.0. The van der Waals surface area contributed by atoms with Crippen LogP contribution in [0.4, 0.5) is 5.69 Å². The van der Waals surface area contributed by atoms with E-state index in [2.05, 4.69) is 103 Å². The quantitative estimate of drug-likeness (QED) is 0.579. The number of allylic oxidation sites excluding steroid dienone is 3. The van der Waals surface area contributed by atoms with Crippen LogP contribution in [-0.4, -0.2) is 11.1 Å². The van der Waals surface area contributed by atoms with Crippen molar-refractivity contribution in [3.05, 3.63) is 64.1 Å². The molecule has 0 saturated heterocycles. The van der Waals surface area contributed by atoms with E-state index in [1.54, 1.807) is 0 Å². The monoisotopic (exact) mass is 364 g/mol. The molecule has 146 valence electrons. The van der Waals surface area contributed by atoms with Gasteiger partial charge in [-0.2, -0.15) is 0 Å². The molecule has 1 aromatic rings. The first kappa shape index (κ1) is 19.8. The van der Waals surface area contributed by atoms with Gasteiger partial charge in [0.2, 0.25) is 0 Å². The highest BCUT2D eigenvalue weighted by Gasteiger charge is 2.35. The van der Waals surface area contributed by atoms with Crippen LogP contribution in [0.15, 0.2) is 47.5 Å². The highest BCUT2D eigenvalue weighted by atomic mass is 15.4. The lowest BCUT2D eigenvalue weighted by molar-refractivity contribution is 0.287. The molecule has 0 saturated carbocycles. The molecule has 1 atom stereocenters. The van der Waals surface area contributed by atoms with Crippen molar-refractivity contribution in [1.29, 1.82) is 0 Å². The minimum atomic E-state index is 0.259. The standard InChI is InChI=1S/C25H36N2/c1-16(2)24-26(22-12-17(3)21(7)18(4)13-22)10-11-27(24)23-14-20(6)25(8,9)15-19(23)5/h10-14,16,24H,15H2,1-9H3. The van der Waals surface area contributed by atoms with Gasteiger partial charge in [0.05, 0.1) is 0 Å². The van der Waals surface area contributed by atoms with E-state index in [1.807, 2.05) is 0 Å². The molecule has 1 aromatic carbocycles. The van der Waals surface area contributed by atoms with E-state index in [-0.39, 0.29) is 5.41 Å². The maximum absolute atomic E-state index is 2.49. The summed E-state index contributed by atoms with van der Waals surface area (Å²) < 4.78 is 0. The molecule has 2 heteroatoms. The van der Waals surface area contributed by atoms with Gasteiger partial charge in [0.15, 0.2) is 0 Å². The molecule has 1 unspecified atom stereocenters. The lowest BCUT2D eigenvalue weighted by atomic mass is 9.75. The SMILES string of the molecule is CC1=CC(N2C=CN(c3cc(C)c(C)c(C)c3)C2C(C)C)=C(C)CC1(C)C. The molecule has 1 heterocycles. The number of hydrogen-bond acceptors (Lipinski definition) is 2. The molecule has 0 amide bonds. The number of rotatable bonds is 3. The van der Waals surface area contributed by atoms with E-state index in [9.17, 15) is 0 Å². The van der Waals surface area contributed by atoms with Crippen molar-refractivity contribution in [3.8, 4) is 0 Å². The lowest BCUT2D eigenvalue weighted by Crippen LogP contribution is -2.43. The average molecular weight is 365 g/mol. The maximum atomic E-state index is 2.49. The summed E-state index contributed by atoms with van der Waals surface area (Å²) in [5, 5.41) is 0. The van der Waals surface area contributed by atoms with Gasteiger partial charge >= 0.3 is 0 Å². The molecule has 2 aliphatic rings. The van der Waals surface area contributed by atoms with Crippen molar-refractivity contribution in [3.63, 3.8) is 0 Å². The number of nitrogens with zero attached hydrogens (tertiary/aromatic N) is 2. The summed E-state index contributed by atoms with van der Waals surface area (Å²) in [5.74, 6) is 0.505. The van der Waals surface area contributed by atoms with Crippen molar-refractivity contribution in [2.24, 2.45) is 11.3 Å². The summed E-state index contributed by atoms with van der Waals surface area (Å²) in [4.78, 5) is 4.94. The van der Waals surface area contributed by atoms with Gasteiger partial charge in [0, 0.05) is 23.8 Å². The predicted molar refractivity (Wildman–Crippen MR) is 118 cm³/mol. The first-order chi connectivity index (χ1) is 12.5. The van der Waals surface area contributed by atoms with Crippen LogP contribution in [0.1, 0.15) is 64.7 Å². The van der Waals surface area contributed by atoms with Gasteiger partial charge in [-0.15, -0.1) is 0 Å². The zero-order valence-electron chi connectivity index (χ0n) is 18.6. The van der Waals surface area contributed by atoms with Gasteiger partial charge < -0.3 is 9.80 Å². The number of aryl methyl sites for hydroxylation is 2. The van der Waals surface area contributed by atoms with Crippen LogP contribution in [0.3, 0.4) is 0 Å². The van der Waals surface area contributed by atoms with Crippen molar-refractivity contribution in [1.82, 2.24) is 4.90 Å². The molecule has 27 heavy (non-hydrogen) atoms. The van der Waals surface area contributed by atoms with Crippen LogP contribution in [0.5, 0.6) is 0 Å². The molecule has 0 bridgehead atoms. The Morgan fingerprint density at radius 1 is 0.926 bits per heavy atom. The van der Waals surface area contributed by atoms with Crippen LogP contribution in [0.2, 0.25) is 0 Å². The Morgan fingerprint density at radius 2 is 1.48 bits per heavy atom. The summed E-state index contributed by atoms with van der Waals surface area (Å²) in [6, 6.07) is 4.66. The molecule has 0 N–H and O–H groups in total. The third-order valence-corrected chi connectivity index (χ3v) is 6.61.